The average molecular weight is 299 g/mol. The van der Waals surface area contributed by atoms with Crippen molar-refractivity contribution in [1.29, 1.82) is 0 Å². The van der Waals surface area contributed by atoms with Crippen LogP contribution in [0.25, 0.3) is 0 Å². The third kappa shape index (κ3) is 3.15. The van der Waals surface area contributed by atoms with Gasteiger partial charge in [-0.05, 0) is 40.5 Å². The van der Waals surface area contributed by atoms with E-state index in [2.05, 4.69) is 20.7 Å². The summed E-state index contributed by atoms with van der Waals surface area (Å²) in [6.07, 6.45) is 0. The summed E-state index contributed by atoms with van der Waals surface area (Å²) in [5, 5.41) is -0.451. The Bertz CT molecular complexity index is 433. The topological polar surface area (TPSA) is 46.2 Å². The molecular weight excluding hydrogens is 290 g/mol. The van der Waals surface area contributed by atoms with Crippen molar-refractivity contribution in [2.24, 2.45) is 0 Å². The quantitative estimate of drug-likeness (QED) is 0.872. The van der Waals surface area contributed by atoms with Gasteiger partial charge in [0.25, 0.3) is 0 Å². The van der Waals surface area contributed by atoms with Gasteiger partial charge >= 0.3 is 0 Å². The first-order valence-electron chi connectivity index (χ1n) is 3.77. The standard InChI is InChI=1S/C8H9BrClNO2S/c1-6-2-3-8(7(9)4-6)11-14(12,13)5-10/h2-4,11H,5H2,1H3. The predicted molar refractivity (Wildman–Crippen MR) is 62.1 cm³/mol. The van der Waals surface area contributed by atoms with Gasteiger partial charge in [0, 0.05) is 4.47 Å². The number of hydrogen-bond donors (Lipinski definition) is 1. The van der Waals surface area contributed by atoms with Crippen molar-refractivity contribution in [3.05, 3.63) is 28.2 Å². The Balaban J connectivity index is 2.99. The van der Waals surface area contributed by atoms with E-state index < -0.39 is 15.2 Å². The van der Waals surface area contributed by atoms with Crippen LogP contribution in [0.2, 0.25) is 0 Å². The maximum atomic E-state index is 11.1. The van der Waals surface area contributed by atoms with Crippen LogP contribution in [0.1, 0.15) is 5.56 Å². The fourth-order valence-corrected chi connectivity index (χ4v) is 2.35. The molecule has 0 spiro atoms. The van der Waals surface area contributed by atoms with Gasteiger partial charge in [-0.3, -0.25) is 4.72 Å². The largest absolute Gasteiger partial charge is 0.281 e. The molecule has 1 rings (SSSR count). The van der Waals surface area contributed by atoms with Crippen LogP contribution in [-0.2, 0) is 10.0 Å². The first-order valence-corrected chi connectivity index (χ1v) is 6.75. The molecule has 0 unspecified atom stereocenters. The molecule has 0 heterocycles. The molecule has 0 aliphatic rings. The Morgan fingerprint density at radius 1 is 1.50 bits per heavy atom. The van der Waals surface area contributed by atoms with Crippen molar-refractivity contribution in [2.45, 2.75) is 6.92 Å². The number of benzene rings is 1. The van der Waals surface area contributed by atoms with Crippen LogP contribution < -0.4 is 4.72 Å². The van der Waals surface area contributed by atoms with Gasteiger partial charge in [-0.15, -0.1) is 11.6 Å². The predicted octanol–water partition coefficient (Wildman–Crippen LogP) is 2.70. The van der Waals surface area contributed by atoms with Crippen LogP contribution in [-0.4, -0.2) is 13.6 Å². The van der Waals surface area contributed by atoms with Crippen LogP contribution in [0, 0.1) is 6.92 Å². The number of nitrogens with one attached hydrogen (secondary N) is 1. The summed E-state index contributed by atoms with van der Waals surface area (Å²) < 4.78 is 25.3. The zero-order chi connectivity index (χ0) is 10.8. The lowest BCUT2D eigenvalue weighted by atomic mass is 10.2. The van der Waals surface area contributed by atoms with Crippen molar-refractivity contribution in [3.8, 4) is 0 Å². The number of sulfonamides is 1. The molecule has 1 aromatic carbocycles. The van der Waals surface area contributed by atoms with E-state index in [4.69, 9.17) is 11.6 Å². The van der Waals surface area contributed by atoms with Crippen LogP contribution in [0.4, 0.5) is 5.69 Å². The Hall–Kier alpha value is -0.260. The molecule has 0 aromatic heterocycles. The minimum Gasteiger partial charge on any atom is -0.281 e. The van der Waals surface area contributed by atoms with Crippen molar-refractivity contribution in [1.82, 2.24) is 0 Å². The lowest BCUT2D eigenvalue weighted by Gasteiger charge is -2.07. The van der Waals surface area contributed by atoms with Crippen LogP contribution in [0.15, 0.2) is 22.7 Å². The van der Waals surface area contributed by atoms with E-state index in [9.17, 15) is 8.42 Å². The normalized spacial score (nSPS) is 11.4. The minimum atomic E-state index is -3.42. The van der Waals surface area contributed by atoms with Crippen LogP contribution in [0.5, 0.6) is 0 Å². The molecule has 0 bridgehead atoms. The van der Waals surface area contributed by atoms with Gasteiger partial charge in [0.15, 0.2) is 0 Å². The molecule has 0 saturated carbocycles. The van der Waals surface area contributed by atoms with Gasteiger partial charge in [0.05, 0.1) is 5.69 Å². The van der Waals surface area contributed by atoms with E-state index >= 15 is 0 Å². The molecule has 0 fully saturated rings. The second kappa shape index (κ2) is 4.51. The van der Waals surface area contributed by atoms with E-state index in [1.807, 2.05) is 19.1 Å². The highest BCUT2D eigenvalue weighted by molar-refractivity contribution is 9.10. The Labute approximate surface area is 96.6 Å². The van der Waals surface area contributed by atoms with Gasteiger partial charge < -0.3 is 0 Å². The molecule has 0 aliphatic heterocycles. The Kier molecular flexibility index (Phi) is 3.80. The van der Waals surface area contributed by atoms with Gasteiger partial charge in [0.2, 0.25) is 10.0 Å². The van der Waals surface area contributed by atoms with E-state index in [-0.39, 0.29) is 0 Å². The van der Waals surface area contributed by atoms with Gasteiger partial charge in [-0.25, -0.2) is 8.42 Å². The SMILES string of the molecule is Cc1ccc(NS(=O)(=O)CCl)c(Br)c1. The van der Waals surface area contributed by atoms with E-state index in [0.29, 0.717) is 10.2 Å². The molecule has 0 amide bonds. The minimum absolute atomic E-state index is 0.451. The molecule has 0 radical (unpaired) electrons. The number of anilines is 1. The summed E-state index contributed by atoms with van der Waals surface area (Å²) in [5.74, 6) is 0. The molecule has 6 heteroatoms. The summed E-state index contributed by atoms with van der Waals surface area (Å²) in [5.41, 5.74) is 1.54. The fourth-order valence-electron chi connectivity index (χ4n) is 0.898. The summed E-state index contributed by atoms with van der Waals surface area (Å²) in [6, 6.07) is 5.33. The molecule has 78 valence electrons. The second-order valence-electron chi connectivity index (χ2n) is 2.81. The van der Waals surface area contributed by atoms with Gasteiger partial charge in [-0.2, -0.15) is 0 Å². The summed E-state index contributed by atoms with van der Waals surface area (Å²) >= 11 is 8.52. The monoisotopic (exact) mass is 297 g/mol. The molecular formula is C8H9BrClNO2S. The molecule has 3 nitrogen and oxygen atoms in total. The zero-order valence-corrected chi connectivity index (χ0v) is 10.6. The highest BCUT2D eigenvalue weighted by Gasteiger charge is 2.09. The smallest absolute Gasteiger partial charge is 0.246 e. The maximum Gasteiger partial charge on any atom is 0.246 e. The molecule has 0 saturated heterocycles. The fraction of sp³-hybridized carbons (Fsp3) is 0.250. The molecule has 1 N–H and O–H groups in total. The van der Waals surface area contributed by atoms with Crippen LogP contribution in [0.3, 0.4) is 0 Å². The highest BCUT2D eigenvalue weighted by Crippen LogP contribution is 2.24. The first-order chi connectivity index (χ1) is 6.44. The second-order valence-corrected chi connectivity index (χ2v) is 5.97. The number of hydrogen-bond acceptors (Lipinski definition) is 2. The first kappa shape index (κ1) is 11.8. The van der Waals surface area contributed by atoms with Gasteiger partial charge in [-0.1, -0.05) is 6.07 Å². The highest BCUT2D eigenvalue weighted by atomic mass is 79.9. The van der Waals surface area contributed by atoms with Crippen molar-refractivity contribution >= 4 is 43.2 Å². The summed E-state index contributed by atoms with van der Waals surface area (Å²) in [4.78, 5) is 0. The maximum absolute atomic E-state index is 11.1. The zero-order valence-electron chi connectivity index (χ0n) is 7.42. The van der Waals surface area contributed by atoms with E-state index in [0.717, 1.165) is 5.56 Å². The van der Waals surface area contributed by atoms with Crippen molar-refractivity contribution < 1.29 is 8.42 Å². The van der Waals surface area contributed by atoms with Crippen molar-refractivity contribution in [2.75, 3.05) is 9.93 Å². The lowest BCUT2D eigenvalue weighted by molar-refractivity contribution is 0.605. The number of alkyl halides is 1. The lowest BCUT2D eigenvalue weighted by Crippen LogP contribution is -2.13. The summed E-state index contributed by atoms with van der Waals surface area (Å²) in [6.45, 7) is 1.92. The molecule has 0 aliphatic carbocycles. The number of rotatable bonds is 3. The number of aryl methyl sites for hydroxylation is 1. The molecule has 14 heavy (non-hydrogen) atoms. The Morgan fingerprint density at radius 3 is 2.64 bits per heavy atom. The molecule has 0 atom stereocenters. The average Bonchev–Trinajstić information content (AvgIpc) is 2.10. The molecule has 1 aromatic rings. The number of halogens is 2. The van der Waals surface area contributed by atoms with Crippen molar-refractivity contribution in [3.63, 3.8) is 0 Å². The van der Waals surface area contributed by atoms with Crippen LogP contribution >= 0.6 is 27.5 Å². The summed E-state index contributed by atoms with van der Waals surface area (Å²) in [7, 11) is -3.42. The third-order valence-electron chi connectivity index (χ3n) is 1.53. The van der Waals surface area contributed by atoms with E-state index in [1.54, 1.807) is 6.07 Å². The van der Waals surface area contributed by atoms with E-state index in [1.165, 1.54) is 0 Å². The Morgan fingerprint density at radius 2 is 2.14 bits per heavy atom. The van der Waals surface area contributed by atoms with Gasteiger partial charge in [0.1, 0.15) is 5.21 Å². The third-order valence-corrected chi connectivity index (χ3v) is 3.87.